The van der Waals surface area contributed by atoms with Crippen LogP contribution in [0, 0.1) is 5.92 Å². The molecule has 2 atom stereocenters. The van der Waals surface area contributed by atoms with Crippen LogP contribution in [0.4, 0.5) is 0 Å². The predicted octanol–water partition coefficient (Wildman–Crippen LogP) is 3.84. The number of hydrogen-bond acceptors (Lipinski definition) is 2. The Morgan fingerprint density at radius 3 is 2.71 bits per heavy atom. The van der Waals surface area contributed by atoms with Crippen LogP contribution in [0.2, 0.25) is 0 Å². The van der Waals surface area contributed by atoms with E-state index in [0.717, 1.165) is 17.6 Å². The molecule has 1 saturated heterocycles. The van der Waals surface area contributed by atoms with Gasteiger partial charge in [-0.3, -0.25) is 4.79 Å². The van der Waals surface area contributed by atoms with E-state index in [-0.39, 0.29) is 12.3 Å². The van der Waals surface area contributed by atoms with Crippen molar-refractivity contribution in [2.75, 3.05) is 20.1 Å². The molecule has 0 aromatic heterocycles. The molecule has 1 aromatic rings. The van der Waals surface area contributed by atoms with Gasteiger partial charge in [-0.15, -0.1) is 0 Å². The molecule has 0 spiro atoms. The van der Waals surface area contributed by atoms with Crippen molar-refractivity contribution in [2.45, 2.75) is 37.5 Å². The van der Waals surface area contributed by atoms with Gasteiger partial charge in [-0.25, -0.2) is 0 Å². The smallest absolute Gasteiger partial charge is 0.303 e. The molecule has 3 nitrogen and oxygen atoms in total. The molecule has 0 bridgehead atoms. The van der Waals surface area contributed by atoms with Gasteiger partial charge in [0, 0.05) is 11.0 Å². The van der Waals surface area contributed by atoms with Gasteiger partial charge in [0.25, 0.3) is 0 Å². The van der Waals surface area contributed by atoms with E-state index in [2.05, 4.69) is 46.1 Å². The maximum Gasteiger partial charge on any atom is 0.303 e. The number of carbonyl (C=O) groups is 1. The zero-order valence-corrected chi connectivity index (χ0v) is 14.0. The first kappa shape index (κ1) is 15.0. The average molecular weight is 352 g/mol. The first-order chi connectivity index (χ1) is 10.0. The van der Waals surface area contributed by atoms with Crippen LogP contribution < -0.4 is 0 Å². The predicted molar refractivity (Wildman–Crippen MR) is 86.7 cm³/mol. The molecular weight excluding hydrogens is 330 g/mol. The van der Waals surface area contributed by atoms with Crippen molar-refractivity contribution in [3.63, 3.8) is 0 Å². The normalized spacial score (nSPS) is 24.2. The molecule has 21 heavy (non-hydrogen) atoms. The number of carboxylic acid groups (broad SMARTS) is 1. The zero-order chi connectivity index (χ0) is 15.0. The maximum absolute atomic E-state index is 11.1. The molecule has 2 unspecified atom stereocenters. The zero-order valence-electron chi connectivity index (χ0n) is 12.4. The number of benzene rings is 1. The standard InChI is InChI=1S/C17H22BrNO2/c1-19-7-6-13(10-19)14-5-4-12(8-16(14)18)15(9-17(20)21)11-2-3-11/h4-5,8,11,13,15H,2-3,6-7,9-10H2,1H3,(H,20,21). The van der Waals surface area contributed by atoms with Crippen LogP contribution in [0.3, 0.4) is 0 Å². The van der Waals surface area contributed by atoms with Gasteiger partial charge in [-0.2, -0.15) is 0 Å². The lowest BCUT2D eigenvalue weighted by atomic mass is 9.88. The van der Waals surface area contributed by atoms with Crippen molar-refractivity contribution in [3.05, 3.63) is 33.8 Å². The first-order valence-corrected chi connectivity index (χ1v) is 8.53. The van der Waals surface area contributed by atoms with E-state index in [4.69, 9.17) is 5.11 Å². The largest absolute Gasteiger partial charge is 0.481 e. The van der Waals surface area contributed by atoms with Gasteiger partial charge in [0.1, 0.15) is 0 Å². The number of hydrogen-bond donors (Lipinski definition) is 1. The van der Waals surface area contributed by atoms with E-state index >= 15 is 0 Å². The fraction of sp³-hybridized carbons (Fsp3) is 0.588. The van der Waals surface area contributed by atoms with Crippen LogP contribution in [0.1, 0.15) is 48.6 Å². The van der Waals surface area contributed by atoms with E-state index in [0.29, 0.717) is 11.8 Å². The second-order valence-electron chi connectivity index (χ2n) is 6.57. The topological polar surface area (TPSA) is 40.5 Å². The highest BCUT2D eigenvalue weighted by Crippen LogP contribution is 2.45. The van der Waals surface area contributed by atoms with E-state index < -0.39 is 5.97 Å². The van der Waals surface area contributed by atoms with Crippen molar-refractivity contribution in [3.8, 4) is 0 Å². The van der Waals surface area contributed by atoms with Gasteiger partial charge in [0.15, 0.2) is 0 Å². The summed E-state index contributed by atoms with van der Waals surface area (Å²) in [6.07, 6.45) is 3.80. The SMILES string of the molecule is CN1CCC(c2ccc(C(CC(=O)O)C3CC3)cc2Br)C1. The first-order valence-electron chi connectivity index (χ1n) is 7.74. The molecule has 2 aliphatic rings. The molecule has 1 saturated carbocycles. The van der Waals surface area contributed by atoms with E-state index in [1.54, 1.807) is 0 Å². The minimum absolute atomic E-state index is 0.180. The Morgan fingerprint density at radius 2 is 2.19 bits per heavy atom. The third kappa shape index (κ3) is 3.49. The fourth-order valence-electron chi connectivity index (χ4n) is 3.54. The minimum atomic E-state index is -0.690. The van der Waals surface area contributed by atoms with Gasteiger partial charge in [-0.1, -0.05) is 28.1 Å². The van der Waals surface area contributed by atoms with Gasteiger partial charge >= 0.3 is 5.97 Å². The summed E-state index contributed by atoms with van der Waals surface area (Å²) >= 11 is 3.72. The van der Waals surface area contributed by atoms with Crippen LogP contribution in [0.5, 0.6) is 0 Å². The van der Waals surface area contributed by atoms with Crippen LogP contribution >= 0.6 is 15.9 Å². The van der Waals surface area contributed by atoms with Gasteiger partial charge in [0.2, 0.25) is 0 Å². The van der Waals surface area contributed by atoms with Crippen molar-refractivity contribution >= 4 is 21.9 Å². The second kappa shape index (κ2) is 6.09. The Hall–Kier alpha value is -0.870. The van der Waals surface area contributed by atoms with Crippen molar-refractivity contribution in [1.29, 1.82) is 0 Å². The molecule has 114 valence electrons. The number of carboxylic acids is 1. The average Bonchev–Trinajstić information content (AvgIpc) is 3.18. The van der Waals surface area contributed by atoms with E-state index in [9.17, 15) is 4.79 Å². The quantitative estimate of drug-likeness (QED) is 0.875. The molecular formula is C17H22BrNO2. The molecule has 1 aliphatic heterocycles. The summed E-state index contributed by atoms with van der Waals surface area (Å²) in [5.41, 5.74) is 2.55. The van der Waals surface area contributed by atoms with Crippen molar-refractivity contribution in [1.82, 2.24) is 4.90 Å². The van der Waals surface area contributed by atoms with Gasteiger partial charge in [0.05, 0.1) is 6.42 Å². The van der Waals surface area contributed by atoms with Crippen LogP contribution in [-0.2, 0) is 4.79 Å². The molecule has 0 amide bonds. The lowest BCUT2D eigenvalue weighted by Crippen LogP contribution is -2.13. The molecule has 1 N–H and O–H groups in total. The number of nitrogens with zero attached hydrogens (tertiary/aromatic N) is 1. The number of aliphatic carboxylic acids is 1. The minimum Gasteiger partial charge on any atom is -0.481 e. The van der Waals surface area contributed by atoms with Crippen LogP contribution in [0.15, 0.2) is 22.7 Å². The number of halogens is 1. The Morgan fingerprint density at radius 1 is 1.43 bits per heavy atom. The summed E-state index contributed by atoms with van der Waals surface area (Å²) in [5, 5.41) is 9.13. The highest BCUT2D eigenvalue weighted by molar-refractivity contribution is 9.10. The Kier molecular flexibility index (Phi) is 4.36. The summed E-state index contributed by atoms with van der Waals surface area (Å²) in [5.74, 6) is 0.650. The second-order valence-corrected chi connectivity index (χ2v) is 7.42. The summed E-state index contributed by atoms with van der Waals surface area (Å²) in [4.78, 5) is 13.5. The molecule has 2 fully saturated rings. The Labute approximate surface area is 134 Å². The molecule has 3 rings (SSSR count). The third-order valence-electron chi connectivity index (χ3n) is 4.87. The van der Waals surface area contributed by atoms with Gasteiger partial charge < -0.3 is 10.0 Å². The molecule has 0 radical (unpaired) electrons. The maximum atomic E-state index is 11.1. The number of likely N-dealkylation sites (N-methyl/N-ethyl adjacent to an activating group) is 1. The third-order valence-corrected chi connectivity index (χ3v) is 5.56. The Balaban J connectivity index is 1.81. The van der Waals surface area contributed by atoms with Crippen molar-refractivity contribution in [2.24, 2.45) is 5.92 Å². The van der Waals surface area contributed by atoms with Crippen molar-refractivity contribution < 1.29 is 9.90 Å². The fourth-order valence-corrected chi connectivity index (χ4v) is 4.26. The molecule has 4 heteroatoms. The monoisotopic (exact) mass is 351 g/mol. The molecule has 1 heterocycles. The lowest BCUT2D eigenvalue weighted by Gasteiger charge is -2.18. The van der Waals surface area contributed by atoms with E-state index in [1.165, 1.54) is 30.4 Å². The summed E-state index contributed by atoms with van der Waals surface area (Å²) in [7, 11) is 2.16. The van der Waals surface area contributed by atoms with Crippen LogP contribution in [-0.4, -0.2) is 36.1 Å². The molecule has 1 aromatic carbocycles. The number of likely N-dealkylation sites (tertiary alicyclic amines) is 1. The lowest BCUT2D eigenvalue weighted by molar-refractivity contribution is -0.137. The van der Waals surface area contributed by atoms with E-state index in [1.807, 2.05) is 0 Å². The van der Waals surface area contributed by atoms with Gasteiger partial charge in [-0.05, 0) is 67.8 Å². The summed E-state index contributed by atoms with van der Waals surface area (Å²) in [6, 6.07) is 6.53. The molecule has 1 aliphatic carbocycles. The Bertz CT molecular complexity index is 542. The summed E-state index contributed by atoms with van der Waals surface area (Å²) < 4.78 is 1.15. The van der Waals surface area contributed by atoms with Crippen LogP contribution in [0.25, 0.3) is 0 Å². The highest BCUT2D eigenvalue weighted by atomic mass is 79.9. The number of rotatable bonds is 5. The highest BCUT2D eigenvalue weighted by Gasteiger charge is 2.34. The summed E-state index contributed by atoms with van der Waals surface area (Å²) in [6.45, 7) is 2.27.